The molecule has 2 N–H and O–H groups in total. The van der Waals surface area contributed by atoms with Crippen LogP contribution in [0.2, 0.25) is 0 Å². The largest absolute Gasteiger partial charge is 0.361 e. The van der Waals surface area contributed by atoms with E-state index in [0.717, 1.165) is 30.2 Å². The maximum atomic E-state index is 12.8. The Morgan fingerprint density at radius 3 is 3.00 bits per heavy atom. The van der Waals surface area contributed by atoms with E-state index in [1.165, 1.54) is 27.9 Å². The van der Waals surface area contributed by atoms with E-state index in [9.17, 15) is 4.79 Å². The Hall–Kier alpha value is -2.60. The van der Waals surface area contributed by atoms with Crippen LogP contribution >= 0.6 is 11.3 Å². The fourth-order valence-corrected chi connectivity index (χ4v) is 4.04. The number of aromatic amines is 1. The molecule has 0 aliphatic carbocycles. The number of nitrogens with one attached hydrogen (secondary N) is 2. The van der Waals surface area contributed by atoms with Crippen molar-refractivity contribution >= 4 is 38.9 Å². The predicted molar refractivity (Wildman–Crippen MR) is 112 cm³/mol. The first-order valence-electron chi connectivity index (χ1n) is 9.36. The summed E-state index contributed by atoms with van der Waals surface area (Å²) < 4.78 is 0. The highest BCUT2D eigenvalue weighted by molar-refractivity contribution is 7.13. The van der Waals surface area contributed by atoms with Crippen molar-refractivity contribution in [1.29, 1.82) is 0 Å². The van der Waals surface area contributed by atoms with E-state index in [-0.39, 0.29) is 5.91 Å². The second kappa shape index (κ2) is 7.56. The fraction of sp³-hybridized carbons (Fsp3) is 0.333. The molecular formula is C21H24N4OS. The van der Waals surface area contributed by atoms with Crippen molar-refractivity contribution in [2.24, 2.45) is 5.92 Å². The highest BCUT2D eigenvalue weighted by atomic mass is 32.1. The zero-order valence-electron chi connectivity index (χ0n) is 15.7. The van der Waals surface area contributed by atoms with Gasteiger partial charge in [0.15, 0.2) is 5.13 Å². The van der Waals surface area contributed by atoms with Crippen LogP contribution in [-0.2, 0) is 0 Å². The summed E-state index contributed by atoms with van der Waals surface area (Å²) in [5.74, 6) is 0.557. The fourth-order valence-electron chi connectivity index (χ4n) is 3.34. The van der Waals surface area contributed by atoms with E-state index in [1.807, 2.05) is 16.3 Å². The third kappa shape index (κ3) is 3.76. The zero-order valence-corrected chi connectivity index (χ0v) is 16.5. The third-order valence-electron chi connectivity index (χ3n) is 4.82. The first-order valence-corrected chi connectivity index (χ1v) is 10.2. The average molecular weight is 381 g/mol. The standard InChI is InChI=1S/C21H24N4OS/c1-14(2)11-23-21-24-19(13-27-21)20(26)25-9-7-15(8-10-25)17-12-22-18-6-4-3-5-16(17)18/h3-7,12-14,22H,8-11H2,1-2H3,(H,23,24). The van der Waals surface area contributed by atoms with Gasteiger partial charge in [-0.1, -0.05) is 38.1 Å². The number of H-pyrrole nitrogens is 1. The second-order valence-electron chi connectivity index (χ2n) is 7.29. The van der Waals surface area contributed by atoms with Gasteiger partial charge in [-0.2, -0.15) is 0 Å². The number of hydrogen-bond acceptors (Lipinski definition) is 4. The zero-order chi connectivity index (χ0) is 18.8. The van der Waals surface area contributed by atoms with Crippen LogP contribution in [0, 0.1) is 5.92 Å². The van der Waals surface area contributed by atoms with Gasteiger partial charge in [-0.3, -0.25) is 4.79 Å². The van der Waals surface area contributed by atoms with Gasteiger partial charge in [0.2, 0.25) is 0 Å². The van der Waals surface area contributed by atoms with E-state index in [2.05, 4.69) is 59.6 Å². The molecule has 5 nitrogen and oxygen atoms in total. The number of carbonyl (C=O) groups is 1. The van der Waals surface area contributed by atoms with Crippen molar-refractivity contribution in [2.45, 2.75) is 20.3 Å². The van der Waals surface area contributed by atoms with Crippen LogP contribution in [0.4, 0.5) is 5.13 Å². The number of thiazole rings is 1. The number of hydrogen-bond donors (Lipinski definition) is 2. The van der Waals surface area contributed by atoms with Crippen LogP contribution in [0.25, 0.3) is 16.5 Å². The van der Waals surface area contributed by atoms with Crippen LogP contribution in [0.5, 0.6) is 0 Å². The van der Waals surface area contributed by atoms with Gasteiger partial charge in [0.25, 0.3) is 5.91 Å². The highest BCUT2D eigenvalue weighted by Gasteiger charge is 2.22. The minimum Gasteiger partial charge on any atom is -0.361 e. The Bertz CT molecular complexity index is 985. The summed E-state index contributed by atoms with van der Waals surface area (Å²) in [5.41, 5.74) is 4.23. The lowest BCUT2D eigenvalue weighted by molar-refractivity contribution is 0.0768. The summed E-state index contributed by atoms with van der Waals surface area (Å²) in [7, 11) is 0. The van der Waals surface area contributed by atoms with E-state index in [1.54, 1.807) is 0 Å². The minimum absolute atomic E-state index is 0.0121. The normalized spacial score (nSPS) is 14.6. The average Bonchev–Trinajstić information content (AvgIpc) is 3.33. The molecule has 0 atom stereocenters. The number of benzene rings is 1. The lowest BCUT2D eigenvalue weighted by Gasteiger charge is -2.25. The molecule has 0 bridgehead atoms. The molecule has 140 valence electrons. The first-order chi connectivity index (χ1) is 13.1. The number of aromatic nitrogens is 2. The van der Waals surface area contributed by atoms with Gasteiger partial charge < -0.3 is 15.2 Å². The van der Waals surface area contributed by atoms with Gasteiger partial charge in [0.1, 0.15) is 5.69 Å². The molecule has 0 fully saturated rings. The molecule has 4 rings (SSSR count). The topological polar surface area (TPSA) is 61.0 Å². The molecule has 0 radical (unpaired) electrons. The van der Waals surface area contributed by atoms with Gasteiger partial charge in [-0.25, -0.2) is 4.98 Å². The van der Waals surface area contributed by atoms with Gasteiger partial charge in [0.05, 0.1) is 0 Å². The lowest BCUT2D eigenvalue weighted by Crippen LogP contribution is -2.34. The molecule has 0 unspecified atom stereocenters. The van der Waals surface area contributed by atoms with Crippen molar-refractivity contribution < 1.29 is 4.79 Å². The second-order valence-corrected chi connectivity index (χ2v) is 8.15. The molecule has 27 heavy (non-hydrogen) atoms. The number of anilines is 1. The van der Waals surface area contributed by atoms with Gasteiger partial charge >= 0.3 is 0 Å². The monoisotopic (exact) mass is 380 g/mol. The Morgan fingerprint density at radius 1 is 1.37 bits per heavy atom. The van der Waals surface area contributed by atoms with Crippen LogP contribution < -0.4 is 5.32 Å². The maximum Gasteiger partial charge on any atom is 0.273 e. The summed E-state index contributed by atoms with van der Waals surface area (Å²) >= 11 is 1.49. The highest BCUT2D eigenvalue weighted by Crippen LogP contribution is 2.29. The van der Waals surface area contributed by atoms with Crippen LogP contribution in [0.3, 0.4) is 0 Å². The Kier molecular flexibility index (Phi) is 4.99. The summed E-state index contributed by atoms with van der Waals surface area (Å²) in [6, 6.07) is 8.33. The Labute approximate surface area is 163 Å². The summed E-state index contributed by atoms with van der Waals surface area (Å²) in [6.07, 6.45) is 5.10. The molecule has 6 heteroatoms. The molecule has 0 spiro atoms. The number of nitrogens with zero attached hydrogens (tertiary/aromatic N) is 2. The van der Waals surface area contributed by atoms with Gasteiger partial charge in [-0.15, -0.1) is 11.3 Å². The molecule has 0 saturated carbocycles. The van der Waals surface area contributed by atoms with Crippen LogP contribution in [0.15, 0.2) is 41.9 Å². The maximum absolute atomic E-state index is 12.8. The van der Waals surface area contributed by atoms with E-state index in [0.29, 0.717) is 18.2 Å². The molecule has 3 aromatic rings. The molecule has 0 saturated heterocycles. The Morgan fingerprint density at radius 2 is 2.22 bits per heavy atom. The van der Waals surface area contributed by atoms with Crippen molar-refractivity contribution in [3.05, 3.63) is 53.2 Å². The third-order valence-corrected chi connectivity index (χ3v) is 5.62. The van der Waals surface area contributed by atoms with E-state index < -0.39 is 0 Å². The van der Waals surface area contributed by atoms with Crippen molar-refractivity contribution in [1.82, 2.24) is 14.9 Å². The van der Waals surface area contributed by atoms with E-state index in [4.69, 9.17) is 0 Å². The molecule has 1 aliphatic heterocycles. The minimum atomic E-state index is 0.0121. The Balaban J connectivity index is 1.44. The molecule has 3 heterocycles. The predicted octanol–water partition coefficient (Wildman–Crippen LogP) is 4.62. The summed E-state index contributed by atoms with van der Waals surface area (Å²) in [4.78, 5) is 22.4. The number of rotatable bonds is 5. The van der Waals surface area contributed by atoms with E-state index >= 15 is 0 Å². The summed E-state index contributed by atoms with van der Waals surface area (Å²) in [5, 5.41) is 7.20. The number of amides is 1. The van der Waals surface area contributed by atoms with Crippen molar-refractivity contribution in [3.8, 4) is 0 Å². The SMILES string of the molecule is CC(C)CNc1nc(C(=O)N2CC=C(c3c[nH]c4ccccc34)CC2)cs1. The quantitative estimate of drug-likeness (QED) is 0.679. The smallest absolute Gasteiger partial charge is 0.273 e. The van der Waals surface area contributed by atoms with Gasteiger partial charge in [-0.05, 0) is 24.0 Å². The van der Waals surface area contributed by atoms with Crippen LogP contribution in [-0.4, -0.2) is 40.4 Å². The molecule has 1 aromatic carbocycles. The number of para-hydroxylation sites is 1. The van der Waals surface area contributed by atoms with Crippen molar-refractivity contribution in [2.75, 3.05) is 25.0 Å². The molecule has 1 aliphatic rings. The number of fused-ring (bicyclic) bond motifs is 1. The molecule has 2 aromatic heterocycles. The first kappa shape index (κ1) is 17.8. The summed E-state index contributed by atoms with van der Waals surface area (Å²) in [6.45, 7) is 6.51. The number of carbonyl (C=O) groups excluding carboxylic acids is 1. The van der Waals surface area contributed by atoms with Gasteiger partial charge in [0, 0.05) is 47.7 Å². The van der Waals surface area contributed by atoms with Crippen LogP contribution in [0.1, 0.15) is 36.3 Å². The van der Waals surface area contributed by atoms with Crippen molar-refractivity contribution in [3.63, 3.8) is 0 Å². The molecular weight excluding hydrogens is 356 g/mol. The molecule has 1 amide bonds. The lowest BCUT2D eigenvalue weighted by atomic mass is 9.99.